The highest BCUT2D eigenvalue weighted by Crippen LogP contribution is 2.20. The highest BCUT2D eigenvalue weighted by molar-refractivity contribution is 7.09. The largest absolute Gasteiger partial charge is 0.295 e. The number of nitrogens with zero attached hydrogens (tertiary/aromatic N) is 4. The number of anilines is 1. The summed E-state index contributed by atoms with van der Waals surface area (Å²) in [7, 11) is 0. The van der Waals surface area contributed by atoms with Crippen molar-refractivity contribution in [3.8, 4) is 0 Å². The zero-order chi connectivity index (χ0) is 11.5. The molecule has 0 saturated heterocycles. The Morgan fingerprint density at radius 1 is 1.44 bits per heavy atom. The number of pyridine rings is 1. The van der Waals surface area contributed by atoms with E-state index >= 15 is 0 Å². The molecule has 9 heteroatoms. The smallest absolute Gasteiger partial charge is 0.259 e. The summed E-state index contributed by atoms with van der Waals surface area (Å²) < 4.78 is 3.50. The van der Waals surface area contributed by atoms with Crippen LogP contribution in [-0.2, 0) is 0 Å². The minimum atomic E-state index is -0.399. The Hall–Kier alpha value is -1.31. The number of aromatic nitrogens is 4. The molecular formula is C7H3Cl2N5OS. The predicted molar refractivity (Wildman–Crippen MR) is 59.9 cm³/mol. The van der Waals surface area contributed by atoms with Crippen LogP contribution >= 0.6 is 34.7 Å². The van der Waals surface area contributed by atoms with Gasteiger partial charge in [-0.1, -0.05) is 32.8 Å². The highest BCUT2D eigenvalue weighted by atomic mass is 35.5. The van der Waals surface area contributed by atoms with Gasteiger partial charge in [0.1, 0.15) is 5.15 Å². The summed E-state index contributed by atoms with van der Waals surface area (Å²) in [5.74, 6) is -0.399. The third kappa shape index (κ3) is 2.43. The second-order valence-electron chi connectivity index (χ2n) is 2.62. The van der Waals surface area contributed by atoms with E-state index in [1.54, 1.807) is 0 Å². The Morgan fingerprint density at radius 3 is 2.88 bits per heavy atom. The van der Waals surface area contributed by atoms with E-state index in [9.17, 15) is 4.79 Å². The van der Waals surface area contributed by atoms with Crippen molar-refractivity contribution in [2.45, 2.75) is 0 Å². The number of halogens is 2. The van der Waals surface area contributed by atoms with Gasteiger partial charge in [-0.15, -0.1) is 0 Å². The van der Waals surface area contributed by atoms with Gasteiger partial charge in [-0.05, 0) is 11.3 Å². The van der Waals surface area contributed by atoms with Crippen LogP contribution in [0, 0.1) is 0 Å². The standard InChI is InChI=1S/C7H3Cl2N5OS/c8-4-1-3(2-10-5(4)9)6(15)11-7-12-13-14-16-7/h1-2H,(H,11,12,14,15). The van der Waals surface area contributed by atoms with Crippen LogP contribution in [0.3, 0.4) is 0 Å². The first-order valence-electron chi connectivity index (χ1n) is 3.94. The van der Waals surface area contributed by atoms with Gasteiger partial charge in [-0.25, -0.2) is 4.98 Å². The lowest BCUT2D eigenvalue weighted by molar-refractivity contribution is 0.102. The number of rotatable bonds is 2. The maximum Gasteiger partial charge on any atom is 0.259 e. The second kappa shape index (κ2) is 4.69. The number of hydrogen-bond donors (Lipinski definition) is 1. The minimum Gasteiger partial charge on any atom is -0.295 e. The summed E-state index contributed by atoms with van der Waals surface area (Å²) >= 11 is 12.3. The van der Waals surface area contributed by atoms with Crippen molar-refractivity contribution in [1.29, 1.82) is 0 Å². The zero-order valence-corrected chi connectivity index (χ0v) is 9.84. The molecule has 0 bridgehead atoms. The van der Waals surface area contributed by atoms with E-state index in [0.29, 0.717) is 5.13 Å². The molecule has 0 aliphatic carbocycles. The van der Waals surface area contributed by atoms with E-state index in [2.05, 4.69) is 25.1 Å². The highest BCUT2D eigenvalue weighted by Gasteiger charge is 2.10. The predicted octanol–water partition coefficient (Wildman–Crippen LogP) is 1.89. The van der Waals surface area contributed by atoms with E-state index < -0.39 is 5.91 Å². The molecule has 2 aromatic rings. The SMILES string of the molecule is O=C(Nc1nnns1)c1cnc(Cl)c(Cl)c1. The van der Waals surface area contributed by atoms with Crippen molar-refractivity contribution in [2.24, 2.45) is 0 Å². The molecule has 1 amide bonds. The molecule has 0 aliphatic heterocycles. The molecule has 1 N–H and O–H groups in total. The Bertz CT molecular complexity index is 518. The summed E-state index contributed by atoms with van der Waals surface area (Å²) in [6.07, 6.45) is 1.32. The van der Waals surface area contributed by atoms with Gasteiger partial charge in [-0.2, -0.15) is 0 Å². The molecule has 0 aromatic carbocycles. The van der Waals surface area contributed by atoms with Gasteiger partial charge in [0.05, 0.1) is 10.6 Å². The Balaban J connectivity index is 2.18. The average Bonchev–Trinajstić information content (AvgIpc) is 2.74. The summed E-state index contributed by atoms with van der Waals surface area (Å²) in [5, 5.41) is 10.1. The van der Waals surface area contributed by atoms with Crippen LogP contribution in [0.2, 0.25) is 10.2 Å². The first-order valence-corrected chi connectivity index (χ1v) is 5.47. The Labute approximate surface area is 104 Å². The van der Waals surface area contributed by atoms with Gasteiger partial charge in [0.25, 0.3) is 5.91 Å². The van der Waals surface area contributed by atoms with Crippen molar-refractivity contribution < 1.29 is 4.79 Å². The number of carbonyl (C=O) groups excluding carboxylic acids is 1. The molecule has 0 atom stereocenters. The number of carbonyl (C=O) groups is 1. The lowest BCUT2D eigenvalue weighted by atomic mass is 10.3. The molecule has 6 nitrogen and oxygen atoms in total. The lowest BCUT2D eigenvalue weighted by Crippen LogP contribution is -2.12. The number of amides is 1. The van der Waals surface area contributed by atoms with E-state index in [0.717, 1.165) is 11.5 Å². The van der Waals surface area contributed by atoms with Crippen LogP contribution in [-0.4, -0.2) is 25.7 Å². The fourth-order valence-corrected chi connectivity index (χ4v) is 1.53. The van der Waals surface area contributed by atoms with Gasteiger partial charge in [0.15, 0.2) is 0 Å². The monoisotopic (exact) mass is 275 g/mol. The second-order valence-corrected chi connectivity index (χ2v) is 4.12. The fraction of sp³-hybridized carbons (Fsp3) is 0. The molecule has 0 unspecified atom stereocenters. The summed E-state index contributed by atoms with van der Waals surface area (Å²) in [6, 6.07) is 1.42. The molecule has 2 heterocycles. The van der Waals surface area contributed by atoms with E-state index in [4.69, 9.17) is 23.2 Å². The molecule has 2 aromatic heterocycles. The molecule has 0 saturated carbocycles. The van der Waals surface area contributed by atoms with Crippen molar-refractivity contribution in [1.82, 2.24) is 19.8 Å². The average molecular weight is 276 g/mol. The molecule has 0 fully saturated rings. The number of nitrogens with one attached hydrogen (secondary N) is 1. The van der Waals surface area contributed by atoms with E-state index in [1.807, 2.05) is 0 Å². The Kier molecular flexibility index (Phi) is 3.28. The van der Waals surface area contributed by atoms with E-state index in [1.165, 1.54) is 12.3 Å². The van der Waals surface area contributed by atoms with Gasteiger partial charge in [0.2, 0.25) is 5.13 Å². The van der Waals surface area contributed by atoms with Crippen LogP contribution in [0.15, 0.2) is 12.3 Å². The molecule has 0 spiro atoms. The van der Waals surface area contributed by atoms with Crippen molar-refractivity contribution >= 4 is 45.8 Å². The van der Waals surface area contributed by atoms with Gasteiger partial charge >= 0.3 is 0 Å². The van der Waals surface area contributed by atoms with Gasteiger partial charge < -0.3 is 0 Å². The Morgan fingerprint density at radius 2 is 2.25 bits per heavy atom. The van der Waals surface area contributed by atoms with Crippen molar-refractivity contribution in [3.63, 3.8) is 0 Å². The lowest BCUT2D eigenvalue weighted by Gasteiger charge is -2.01. The summed E-state index contributed by atoms with van der Waals surface area (Å²) in [6.45, 7) is 0. The molecule has 82 valence electrons. The third-order valence-corrected chi connectivity index (χ3v) is 2.78. The normalized spacial score (nSPS) is 10.1. The molecule has 2 rings (SSSR count). The van der Waals surface area contributed by atoms with Crippen molar-refractivity contribution in [2.75, 3.05) is 5.32 Å². The van der Waals surface area contributed by atoms with Crippen LogP contribution in [0.4, 0.5) is 5.13 Å². The molecule has 0 radical (unpaired) electrons. The first-order chi connectivity index (χ1) is 7.66. The topological polar surface area (TPSA) is 80.7 Å². The van der Waals surface area contributed by atoms with E-state index in [-0.39, 0.29) is 15.7 Å². The first kappa shape index (κ1) is 11.2. The van der Waals surface area contributed by atoms with Crippen LogP contribution in [0.1, 0.15) is 10.4 Å². The minimum absolute atomic E-state index is 0.149. The molecule has 0 aliphatic rings. The van der Waals surface area contributed by atoms with Gasteiger partial charge in [0, 0.05) is 17.7 Å². The van der Waals surface area contributed by atoms with Crippen molar-refractivity contribution in [3.05, 3.63) is 28.0 Å². The fourth-order valence-electron chi connectivity index (χ4n) is 0.897. The maximum absolute atomic E-state index is 11.6. The quantitative estimate of drug-likeness (QED) is 0.847. The molecular weight excluding hydrogens is 273 g/mol. The third-order valence-electron chi connectivity index (χ3n) is 1.58. The molecule has 16 heavy (non-hydrogen) atoms. The van der Waals surface area contributed by atoms with Crippen LogP contribution in [0.25, 0.3) is 0 Å². The number of hydrogen-bond acceptors (Lipinski definition) is 6. The zero-order valence-electron chi connectivity index (χ0n) is 7.52. The maximum atomic E-state index is 11.6. The van der Waals surface area contributed by atoms with Crippen LogP contribution < -0.4 is 5.32 Å². The summed E-state index contributed by atoms with van der Waals surface area (Å²) in [4.78, 5) is 15.4. The van der Waals surface area contributed by atoms with Gasteiger partial charge in [-0.3, -0.25) is 10.1 Å². The van der Waals surface area contributed by atoms with Crippen LogP contribution in [0.5, 0.6) is 0 Å². The summed E-state index contributed by atoms with van der Waals surface area (Å²) in [5.41, 5.74) is 0.282.